The lowest BCUT2D eigenvalue weighted by Crippen LogP contribution is -2.34. The van der Waals surface area contributed by atoms with Crippen molar-refractivity contribution in [3.63, 3.8) is 0 Å². The fraction of sp³-hybridized carbons (Fsp3) is 0.385. The minimum Gasteiger partial charge on any atom is -0.399 e. The van der Waals surface area contributed by atoms with Gasteiger partial charge in [0.05, 0.1) is 5.75 Å². The molecule has 1 unspecified atom stereocenters. The van der Waals surface area contributed by atoms with Crippen LogP contribution >= 0.6 is 11.8 Å². The molecule has 6 heteroatoms. The first-order chi connectivity index (χ1) is 8.93. The lowest BCUT2D eigenvalue weighted by atomic mass is 10.3. The summed E-state index contributed by atoms with van der Waals surface area (Å²) in [5.74, 6) is 0.591. The predicted octanol–water partition coefficient (Wildman–Crippen LogP) is 2.24. The number of nitrogens with two attached hydrogens (primary N) is 1. The highest BCUT2D eigenvalue weighted by molar-refractivity contribution is 8.00. The van der Waals surface area contributed by atoms with E-state index < -0.39 is 10.0 Å². The first kappa shape index (κ1) is 16.1. The summed E-state index contributed by atoms with van der Waals surface area (Å²) >= 11 is 1.48. The Kier molecular flexibility index (Phi) is 6.41. The van der Waals surface area contributed by atoms with Crippen LogP contribution in [-0.2, 0) is 10.0 Å². The van der Waals surface area contributed by atoms with Gasteiger partial charge in [0.25, 0.3) is 0 Å². The third-order valence-electron chi connectivity index (χ3n) is 2.38. The fourth-order valence-corrected chi connectivity index (χ4v) is 4.21. The first-order valence-electron chi connectivity index (χ1n) is 6.02. The molecule has 0 aliphatic carbocycles. The Bertz CT molecular complexity index is 515. The van der Waals surface area contributed by atoms with Crippen LogP contribution in [0.3, 0.4) is 0 Å². The molecule has 3 N–H and O–H groups in total. The second kappa shape index (κ2) is 7.57. The molecule has 0 bridgehead atoms. The summed E-state index contributed by atoms with van der Waals surface area (Å²) in [5, 5.41) is 0. The van der Waals surface area contributed by atoms with Gasteiger partial charge in [0, 0.05) is 22.4 Å². The molecule has 1 aromatic carbocycles. The van der Waals surface area contributed by atoms with Crippen molar-refractivity contribution in [1.29, 1.82) is 0 Å². The molecule has 0 aliphatic heterocycles. The van der Waals surface area contributed by atoms with E-state index in [0.29, 0.717) is 17.9 Å². The Morgan fingerprint density at radius 3 is 2.89 bits per heavy atom. The largest absolute Gasteiger partial charge is 0.399 e. The normalized spacial score (nSPS) is 13.1. The van der Waals surface area contributed by atoms with Crippen LogP contribution in [0.25, 0.3) is 0 Å². The molecule has 0 aromatic heterocycles. The van der Waals surface area contributed by atoms with Gasteiger partial charge >= 0.3 is 0 Å². The smallest absolute Gasteiger partial charge is 0.212 e. The van der Waals surface area contributed by atoms with Crippen LogP contribution in [0.4, 0.5) is 5.69 Å². The summed E-state index contributed by atoms with van der Waals surface area (Å²) in [6, 6.07) is 7.31. The van der Waals surface area contributed by atoms with Crippen LogP contribution < -0.4 is 10.5 Å². The standard InChI is InChI=1S/C13H20N2O2S2/c1-3-5-11(2)15-19(16,17)9-8-18-13-7-4-6-12(14)10-13/h3-4,6-7,10-11,15H,1,5,8-9,14H2,2H3. The summed E-state index contributed by atoms with van der Waals surface area (Å²) in [4.78, 5) is 0.981. The summed E-state index contributed by atoms with van der Waals surface area (Å²) in [5.41, 5.74) is 6.35. The van der Waals surface area contributed by atoms with E-state index in [4.69, 9.17) is 5.73 Å². The van der Waals surface area contributed by atoms with Crippen LogP contribution in [-0.4, -0.2) is 26.0 Å². The number of sulfonamides is 1. The Hall–Kier alpha value is -0.980. The molecule has 0 aliphatic rings. The molecule has 0 heterocycles. The summed E-state index contributed by atoms with van der Waals surface area (Å²) in [7, 11) is -3.23. The van der Waals surface area contributed by atoms with Gasteiger partial charge in [0.15, 0.2) is 0 Å². The van der Waals surface area contributed by atoms with E-state index in [0.717, 1.165) is 4.90 Å². The molecule has 0 amide bonds. The third-order valence-corrected chi connectivity index (χ3v) is 5.14. The Balaban J connectivity index is 2.41. The zero-order chi connectivity index (χ0) is 14.3. The van der Waals surface area contributed by atoms with E-state index >= 15 is 0 Å². The van der Waals surface area contributed by atoms with Gasteiger partial charge in [-0.2, -0.15) is 0 Å². The van der Waals surface area contributed by atoms with E-state index in [1.165, 1.54) is 11.8 Å². The lowest BCUT2D eigenvalue weighted by molar-refractivity contribution is 0.563. The second-order valence-electron chi connectivity index (χ2n) is 4.28. The summed E-state index contributed by atoms with van der Waals surface area (Å²) in [6.45, 7) is 5.41. The van der Waals surface area contributed by atoms with Gasteiger partial charge in [-0.15, -0.1) is 18.3 Å². The molecule has 0 fully saturated rings. The lowest BCUT2D eigenvalue weighted by Gasteiger charge is -2.12. The van der Waals surface area contributed by atoms with E-state index in [1.54, 1.807) is 12.1 Å². The molecule has 0 saturated carbocycles. The molecular weight excluding hydrogens is 280 g/mol. The molecule has 1 rings (SSSR count). The summed E-state index contributed by atoms with van der Waals surface area (Å²) in [6.07, 6.45) is 2.33. The van der Waals surface area contributed by atoms with Crippen molar-refractivity contribution in [2.24, 2.45) is 0 Å². The van der Waals surface area contributed by atoms with Crippen LogP contribution in [0.5, 0.6) is 0 Å². The highest BCUT2D eigenvalue weighted by atomic mass is 32.2. The molecule has 1 aromatic rings. The van der Waals surface area contributed by atoms with Crippen molar-refractivity contribution in [3.8, 4) is 0 Å². The Morgan fingerprint density at radius 2 is 2.26 bits per heavy atom. The maximum Gasteiger partial charge on any atom is 0.212 e. The van der Waals surface area contributed by atoms with Gasteiger partial charge in [-0.25, -0.2) is 13.1 Å². The summed E-state index contributed by atoms with van der Waals surface area (Å²) < 4.78 is 26.2. The highest BCUT2D eigenvalue weighted by Gasteiger charge is 2.13. The number of benzene rings is 1. The molecule has 4 nitrogen and oxygen atoms in total. The van der Waals surface area contributed by atoms with Crippen LogP contribution in [0.1, 0.15) is 13.3 Å². The van der Waals surface area contributed by atoms with Crippen molar-refractivity contribution in [1.82, 2.24) is 4.72 Å². The number of thioether (sulfide) groups is 1. The molecule has 1 atom stereocenters. The number of nitrogen functional groups attached to an aromatic ring is 1. The number of rotatable bonds is 8. The maximum absolute atomic E-state index is 11.8. The average Bonchev–Trinajstić information content (AvgIpc) is 2.28. The van der Waals surface area contributed by atoms with E-state index in [2.05, 4.69) is 11.3 Å². The second-order valence-corrected chi connectivity index (χ2v) is 7.32. The van der Waals surface area contributed by atoms with Crippen molar-refractivity contribution in [2.45, 2.75) is 24.3 Å². The van der Waals surface area contributed by atoms with Gasteiger partial charge < -0.3 is 5.73 Å². The fourth-order valence-electron chi connectivity index (χ4n) is 1.54. The molecule has 0 saturated heterocycles. The van der Waals surface area contributed by atoms with Crippen LogP contribution in [0.2, 0.25) is 0 Å². The zero-order valence-corrected chi connectivity index (χ0v) is 12.6. The van der Waals surface area contributed by atoms with E-state index in [1.807, 2.05) is 25.1 Å². The van der Waals surface area contributed by atoms with Crippen molar-refractivity contribution < 1.29 is 8.42 Å². The van der Waals surface area contributed by atoms with Gasteiger partial charge in [0.1, 0.15) is 0 Å². The predicted molar refractivity (Wildman–Crippen MR) is 82.8 cm³/mol. The third kappa shape index (κ3) is 6.66. The van der Waals surface area contributed by atoms with Crippen molar-refractivity contribution in [2.75, 3.05) is 17.2 Å². The minimum atomic E-state index is -3.23. The minimum absolute atomic E-state index is 0.0912. The van der Waals surface area contributed by atoms with Gasteiger partial charge in [-0.3, -0.25) is 0 Å². The SMILES string of the molecule is C=CCC(C)NS(=O)(=O)CCSc1cccc(N)c1. The van der Waals surface area contributed by atoms with E-state index in [9.17, 15) is 8.42 Å². The van der Waals surface area contributed by atoms with Crippen LogP contribution in [0.15, 0.2) is 41.8 Å². The first-order valence-corrected chi connectivity index (χ1v) is 8.66. The van der Waals surface area contributed by atoms with Crippen molar-refractivity contribution in [3.05, 3.63) is 36.9 Å². The monoisotopic (exact) mass is 300 g/mol. The molecule has 0 spiro atoms. The zero-order valence-electron chi connectivity index (χ0n) is 11.0. The number of nitrogens with one attached hydrogen (secondary N) is 1. The van der Waals surface area contributed by atoms with Crippen molar-refractivity contribution >= 4 is 27.5 Å². The number of anilines is 1. The van der Waals surface area contributed by atoms with Gasteiger partial charge in [0.2, 0.25) is 10.0 Å². The van der Waals surface area contributed by atoms with Crippen LogP contribution in [0, 0.1) is 0 Å². The average molecular weight is 300 g/mol. The number of hydrogen-bond donors (Lipinski definition) is 2. The highest BCUT2D eigenvalue weighted by Crippen LogP contribution is 2.20. The number of hydrogen-bond acceptors (Lipinski definition) is 4. The van der Waals surface area contributed by atoms with Gasteiger partial charge in [-0.1, -0.05) is 12.1 Å². The molecular formula is C13H20N2O2S2. The molecule has 19 heavy (non-hydrogen) atoms. The van der Waals surface area contributed by atoms with E-state index in [-0.39, 0.29) is 11.8 Å². The molecule has 0 radical (unpaired) electrons. The maximum atomic E-state index is 11.8. The Labute approximate surface area is 119 Å². The Morgan fingerprint density at radius 1 is 1.53 bits per heavy atom. The molecule has 106 valence electrons. The topological polar surface area (TPSA) is 72.2 Å². The van der Waals surface area contributed by atoms with Gasteiger partial charge in [-0.05, 0) is 31.5 Å². The quantitative estimate of drug-likeness (QED) is 0.439.